The number of likely N-dealkylation sites (N-methyl/N-ethyl adjacent to an activating group) is 1. The number of fused-ring (bicyclic) bond motifs is 1. The number of aromatic nitrogens is 2. The number of nitrogens with one attached hydrogen (secondary N) is 2. The molecule has 6 rings (SSSR count). The summed E-state index contributed by atoms with van der Waals surface area (Å²) < 4.78 is 61.6. The number of benzene rings is 2. The number of anilines is 2. The number of carbonyl (C=O) groups excluding carboxylic acids is 1. The summed E-state index contributed by atoms with van der Waals surface area (Å²) in [6.45, 7) is 7.27. The summed E-state index contributed by atoms with van der Waals surface area (Å²) >= 11 is 0. The molecule has 0 bridgehead atoms. The number of sulfonamides is 1. The Morgan fingerprint density at radius 2 is 1.80 bits per heavy atom. The number of halogens is 2. The lowest BCUT2D eigenvalue weighted by Crippen LogP contribution is -2.44. The standard InChI is InChI=1S/C31H34F2N6O4S/c1-31(2)30-26(19-39(31)44(41,42)24-14-20(32)13-21(33)15-24)28(35-36-30)17-29(40)25-7-6-22(38-10-8-37(3)9-11-38)16-27(25)34-18-23-5-4-12-43-23/h4-7,12-16,34H,8-11,17-19H2,1-3H3,(H,35,36). The van der Waals surface area contributed by atoms with E-state index in [9.17, 15) is 22.0 Å². The quantitative estimate of drug-likeness (QED) is 0.262. The highest BCUT2D eigenvalue weighted by molar-refractivity contribution is 7.89. The molecule has 0 radical (unpaired) electrons. The van der Waals surface area contributed by atoms with Crippen molar-refractivity contribution in [1.29, 1.82) is 0 Å². The number of hydrogen-bond donors (Lipinski definition) is 2. The molecule has 2 aliphatic rings. The first-order chi connectivity index (χ1) is 20.9. The van der Waals surface area contributed by atoms with Crippen LogP contribution in [0.3, 0.4) is 0 Å². The first kappa shape index (κ1) is 30.0. The van der Waals surface area contributed by atoms with Crippen LogP contribution in [0, 0.1) is 11.6 Å². The van der Waals surface area contributed by atoms with Crippen LogP contribution in [0.2, 0.25) is 0 Å². The van der Waals surface area contributed by atoms with Crippen LogP contribution < -0.4 is 10.2 Å². The van der Waals surface area contributed by atoms with Crippen LogP contribution in [-0.4, -0.2) is 66.8 Å². The zero-order valence-corrected chi connectivity index (χ0v) is 25.5. The molecule has 232 valence electrons. The lowest BCUT2D eigenvalue weighted by atomic mass is 9.98. The molecule has 1 saturated heterocycles. The molecular formula is C31H34F2N6O4S. The van der Waals surface area contributed by atoms with Gasteiger partial charge in [0.1, 0.15) is 17.4 Å². The van der Waals surface area contributed by atoms with Crippen LogP contribution in [0.5, 0.6) is 0 Å². The van der Waals surface area contributed by atoms with E-state index in [2.05, 4.69) is 32.4 Å². The zero-order chi connectivity index (χ0) is 31.2. The molecular weight excluding hydrogens is 590 g/mol. The summed E-state index contributed by atoms with van der Waals surface area (Å²) in [7, 11) is -2.20. The number of carbonyl (C=O) groups is 1. The van der Waals surface area contributed by atoms with Crippen molar-refractivity contribution in [2.45, 2.75) is 43.8 Å². The molecule has 0 atom stereocenters. The van der Waals surface area contributed by atoms with Crippen molar-refractivity contribution in [3.05, 3.63) is 94.7 Å². The van der Waals surface area contributed by atoms with Gasteiger partial charge in [-0.1, -0.05) is 0 Å². The van der Waals surface area contributed by atoms with Crippen molar-refractivity contribution in [3.63, 3.8) is 0 Å². The topological polar surface area (TPSA) is 115 Å². The zero-order valence-electron chi connectivity index (χ0n) is 24.7. The summed E-state index contributed by atoms with van der Waals surface area (Å²) in [6, 6.07) is 11.6. The number of piperazine rings is 1. The Bertz CT molecular complexity index is 1780. The van der Waals surface area contributed by atoms with Gasteiger partial charge in [0.25, 0.3) is 0 Å². The fourth-order valence-electron chi connectivity index (χ4n) is 5.91. The third-order valence-corrected chi connectivity index (χ3v) is 10.4. The molecule has 4 aromatic rings. The van der Waals surface area contributed by atoms with Gasteiger partial charge in [-0.2, -0.15) is 9.40 Å². The number of Topliss-reactive ketones (excluding diaryl/α,β-unsaturated/α-hetero) is 1. The Balaban J connectivity index is 1.27. The minimum atomic E-state index is -4.29. The second kappa shape index (κ2) is 11.5. The first-order valence-corrected chi connectivity index (χ1v) is 15.8. The highest BCUT2D eigenvalue weighted by Gasteiger charge is 2.48. The summed E-state index contributed by atoms with van der Waals surface area (Å²) in [6.07, 6.45) is 1.54. The average Bonchev–Trinajstić information content (AvgIpc) is 3.70. The van der Waals surface area contributed by atoms with Gasteiger partial charge in [-0.25, -0.2) is 17.2 Å². The summed E-state index contributed by atoms with van der Waals surface area (Å²) in [5, 5.41) is 10.7. The Morgan fingerprint density at radius 3 is 2.48 bits per heavy atom. The molecule has 13 heteroatoms. The van der Waals surface area contributed by atoms with Crippen LogP contribution in [0.25, 0.3) is 0 Å². The Morgan fingerprint density at radius 1 is 1.07 bits per heavy atom. The molecule has 0 spiro atoms. The third-order valence-electron chi connectivity index (χ3n) is 8.42. The molecule has 0 unspecified atom stereocenters. The minimum absolute atomic E-state index is 0.0514. The molecule has 2 aliphatic heterocycles. The summed E-state index contributed by atoms with van der Waals surface area (Å²) in [5.41, 5.74) is 2.54. The smallest absolute Gasteiger partial charge is 0.244 e. The highest BCUT2D eigenvalue weighted by Crippen LogP contribution is 2.43. The van der Waals surface area contributed by atoms with E-state index < -0.39 is 32.1 Å². The van der Waals surface area contributed by atoms with Gasteiger partial charge >= 0.3 is 0 Å². The monoisotopic (exact) mass is 624 g/mol. The van der Waals surface area contributed by atoms with Crippen molar-refractivity contribution >= 4 is 27.2 Å². The average molecular weight is 625 g/mol. The van der Waals surface area contributed by atoms with Crippen molar-refractivity contribution < 1.29 is 26.4 Å². The molecule has 0 amide bonds. The van der Waals surface area contributed by atoms with Crippen LogP contribution >= 0.6 is 0 Å². The number of ketones is 1. The van der Waals surface area contributed by atoms with Crippen LogP contribution in [0.4, 0.5) is 20.2 Å². The Kier molecular flexibility index (Phi) is 7.80. The number of aromatic amines is 1. The molecule has 44 heavy (non-hydrogen) atoms. The van der Waals surface area contributed by atoms with E-state index >= 15 is 0 Å². The Labute approximate surface area is 254 Å². The maximum atomic E-state index is 13.9. The van der Waals surface area contributed by atoms with Gasteiger partial charge in [-0.15, -0.1) is 0 Å². The third kappa shape index (κ3) is 5.62. The first-order valence-electron chi connectivity index (χ1n) is 14.4. The van der Waals surface area contributed by atoms with Gasteiger partial charge < -0.3 is 19.5 Å². The maximum absolute atomic E-state index is 13.9. The van der Waals surface area contributed by atoms with E-state index in [0.717, 1.165) is 54.1 Å². The molecule has 2 aromatic heterocycles. The number of hydrogen-bond acceptors (Lipinski definition) is 8. The van der Waals surface area contributed by atoms with Crippen molar-refractivity contribution in [3.8, 4) is 0 Å². The van der Waals surface area contributed by atoms with E-state index in [4.69, 9.17) is 4.42 Å². The molecule has 4 heterocycles. The van der Waals surface area contributed by atoms with Gasteiger partial charge in [-0.3, -0.25) is 9.89 Å². The van der Waals surface area contributed by atoms with Crippen LogP contribution in [0.1, 0.15) is 46.9 Å². The number of H-pyrrole nitrogens is 1. The van der Waals surface area contributed by atoms with E-state index in [1.165, 1.54) is 0 Å². The fourth-order valence-corrected chi connectivity index (χ4v) is 7.67. The van der Waals surface area contributed by atoms with E-state index in [0.29, 0.717) is 40.8 Å². The Hall–Kier alpha value is -4.07. The largest absolute Gasteiger partial charge is 0.467 e. The molecule has 0 aliphatic carbocycles. The highest BCUT2D eigenvalue weighted by atomic mass is 32.2. The van der Waals surface area contributed by atoms with Gasteiger partial charge in [0.2, 0.25) is 10.0 Å². The fraction of sp³-hybridized carbons (Fsp3) is 0.355. The van der Waals surface area contributed by atoms with E-state index in [1.54, 1.807) is 26.2 Å². The maximum Gasteiger partial charge on any atom is 0.244 e. The lowest BCUT2D eigenvalue weighted by molar-refractivity contribution is 0.0992. The second-order valence-corrected chi connectivity index (χ2v) is 13.6. The number of nitrogens with zero attached hydrogens (tertiary/aromatic N) is 4. The predicted molar refractivity (Wildman–Crippen MR) is 161 cm³/mol. The van der Waals surface area contributed by atoms with Crippen molar-refractivity contribution in [1.82, 2.24) is 19.4 Å². The summed E-state index contributed by atoms with van der Waals surface area (Å²) in [5.74, 6) is -1.43. The normalized spacial score (nSPS) is 17.2. The second-order valence-electron chi connectivity index (χ2n) is 11.8. The van der Waals surface area contributed by atoms with Gasteiger partial charge in [-0.05, 0) is 63.4 Å². The van der Waals surface area contributed by atoms with Crippen LogP contribution in [0.15, 0.2) is 64.1 Å². The van der Waals surface area contributed by atoms with Gasteiger partial charge in [0.05, 0.1) is 35.4 Å². The number of furan rings is 1. The van der Waals surface area contributed by atoms with Gasteiger partial charge in [0, 0.05) is 67.0 Å². The lowest BCUT2D eigenvalue weighted by Gasteiger charge is -2.34. The SMILES string of the molecule is CN1CCN(c2ccc(C(=O)Cc3[nH]nc4c3CN(S(=O)(=O)c3cc(F)cc(F)c3)C4(C)C)c(NCc3ccco3)c2)CC1. The molecule has 1 fully saturated rings. The van der Waals surface area contributed by atoms with E-state index in [-0.39, 0.29) is 18.7 Å². The van der Waals surface area contributed by atoms with Crippen LogP contribution in [-0.2, 0) is 35.1 Å². The van der Waals surface area contributed by atoms with Crippen molar-refractivity contribution in [2.24, 2.45) is 0 Å². The number of rotatable bonds is 9. The van der Waals surface area contributed by atoms with Gasteiger partial charge in [0.15, 0.2) is 5.78 Å². The molecule has 10 nitrogen and oxygen atoms in total. The minimum Gasteiger partial charge on any atom is -0.467 e. The van der Waals surface area contributed by atoms with Crippen molar-refractivity contribution in [2.75, 3.05) is 43.4 Å². The molecule has 2 aromatic carbocycles. The van der Waals surface area contributed by atoms with E-state index in [1.807, 2.05) is 24.3 Å². The predicted octanol–water partition coefficient (Wildman–Crippen LogP) is 4.51. The summed E-state index contributed by atoms with van der Waals surface area (Å²) in [4.78, 5) is 17.9. The molecule has 0 saturated carbocycles. The molecule has 2 N–H and O–H groups in total.